The Balaban J connectivity index is 1.67. The molecule has 0 spiro atoms. The predicted molar refractivity (Wildman–Crippen MR) is 127 cm³/mol. The van der Waals surface area contributed by atoms with Gasteiger partial charge in [0.05, 0.1) is 27.4 Å². The van der Waals surface area contributed by atoms with Gasteiger partial charge in [0.25, 0.3) is 5.91 Å². The second-order valence-electron chi connectivity index (χ2n) is 9.34. The minimum absolute atomic E-state index is 0.0154. The Hall–Kier alpha value is -3.66. The highest BCUT2D eigenvalue weighted by Gasteiger charge is 2.54. The summed E-state index contributed by atoms with van der Waals surface area (Å²) in [5.74, 6) is -3.16. The van der Waals surface area contributed by atoms with Crippen molar-refractivity contribution in [1.82, 2.24) is 9.78 Å². The van der Waals surface area contributed by atoms with Crippen LogP contribution in [0.1, 0.15) is 56.8 Å². The summed E-state index contributed by atoms with van der Waals surface area (Å²) in [4.78, 5) is 47.5. The minimum atomic E-state index is -2.70. The van der Waals surface area contributed by atoms with Gasteiger partial charge in [-0.25, -0.2) is 13.2 Å². The van der Waals surface area contributed by atoms with E-state index in [2.05, 4.69) is 10.3 Å². The number of aldehydes is 1. The van der Waals surface area contributed by atoms with Gasteiger partial charge in [-0.15, -0.1) is 4.91 Å². The van der Waals surface area contributed by atoms with Crippen LogP contribution < -0.4 is 0 Å². The molecule has 2 aromatic carbocycles. The lowest BCUT2D eigenvalue weighted by molar-refractivity contribution is -0.111. The topological polar surface area (TPSA) is 98.5 Å². The van der Waals surface area contributed by atoms with Crippen LogP contribution in [0.3, 0.4) is 0 Å². The summed E-state index contributed by atoms with van der Waals surface area (Å²) in [6, 6.07) is 7.73. The van der Waals surface area contributed by atoms with Gasteiger partial charge in [0, 0.05) is 27.8 Å². The second-order valence-corrected chi connectivity index (χ2v) is 9.75. The summed E-state index contributed by atoms with van der Waals surface area (Å²) in [7, 11) is 0. The molecule has 1 amide bonds. The van der Waals surface area contributed by atoms with E-state index in [1.165, 1.54) is 30.3 Å². The number of benzene rings is 2. The summed E-state index contributed by atoms with van der Waals surface area (Å²) < 4.78 is 44.1. The molecule has 1 atom stereocenters. The molecule has 190 valence electrons. The fourth-order valence-electron chi connectivity index (χ4n) is 5.03. The largest absolute Gasteiger partial charge is 0.316 e. The second kappa shape index (κ2) is 9.33. The van der Waals surface area contributed by atoms with E-state index in [1.54, 1.807) is 0 Å². The Kier molecular flexibility index (Phi) is 6.31. The lowest BCUT2D eigenvalue weighted by Gasteiger charge is -2.21. The van der Waals surface area contributed by atoms with Gasteiger partial charge in [-0.3, -0.25) is 9.59 Å². The fourth-order valence-corrected chi connectivity index (χ4v) is 5.29. The van der Waals surface area contributed by atoms with Crippen molar-refractivity contribution in [1.29, 1.82) is 0 Å². The van der Waals surface area contributed by atoms with Crippen LogP contribution in [0.2, 0.25) is 5.02 Å². The van der Waals surface area contributed by atoms with E-state index >= 15 is 4.39 Å². The Bertz CT molecular complexity index is 1470. The van der Waals surface area contributed by atoms with E-state index in [4.69, 9.17) is 11.6 Å². The normalized spacial score (nSPS) is 17.8. The first-order valence-corrected chi connectivity index (χ1v) is 11.9. The van der Waals surface area contributed by atoms with E-state index in [9.17, 15) is 28.1 Å². The number of hydrogen-bond acceptors (Lipinski definition) is 5. The molecule has 1 saturated carbocycles. The van der Waals surface area contributed by atoms with E-state index in [0.717, 1.165) is 17.0 Å². The zero-order chi connectivity index (χ0) is 26.5. The molecule has 2 aliphatic carbocycles. The van der Waals surface area contributed by atoms with Gasteiger partial charge in [-0.05, 0) is 61.9 Å². The molecule has 7 nitrogen and oxygen atoms in total. The average Bonchev–Trinajstić information content (AvgIpc) is 3.63. The highest BCUT2D eigenvalue weighted by atomic mass is 35.5. The number of amides is 1. The highest BCUT2D eigenvalue weighted by molar-refractivity contribution is 6.34. The van der Waals surface area contributed by atoms with Gasteiger partial charge < -0.3 is 4.79 Å². The average molecular weight is 530 g/mol. The summed E-state index contributed by atoms with van der Waals surface area (Å²) in [5, 5.41) is 6.66. The smallest absolute Gasteiger partial charge is 0.303 e. The zero-order valence-electron chi connectivity index (χ0n) is 19.2. The number of hydrogen-bond donors (Lipinski definition) is 0. The maximum atomic E-state index is 15.1. The fraction of sp³-hybridized carbons (Fsp3) is 0.308. The molecule has 0 N–H and O–H groups in total. The van der Waals surface area contributed by atoms with Crippen molar-refractivity contribution in [2.75, 3.05) is 0 Å². The first-order valence-electron chi connectivity index (χ1n) is 11.6. The lowest BCUT2D eigenvalue weighted by Crippen LogP contribution is -2.27. The number of nitroso groups, excluding NO2 is 1. The van der Waals surface area contributed by atoms with Crippen molar-refractivity contribution in [3.63, 3.8) is 0 Å². The standard InChI is InChI=1S/C26H19ClF3N3O4/c27-18-3-1-2-17(26(8-9-26)25(29)30)21(18)24(36)33-20-10-13(12-34)4-6-16(20)22(31-33)15-7-5-14(11-19(15)28)23(35)32-37/h1-3,5,7,11-13,25H,4,6,8-10H2. The molecule has 1 aromatic heterocycles. The number of carbonyl (C=O) groups excluding carboxylic acids is 3. The van der Waals surface area contributed by atoms with Crippen LogP contribution in [0.15, 0.2) is 41.6 Å². The van der Waals surface area contributed by atoms with Crippen LogP contribution in [-0.2, 0) is 23.1 Å². The number of alkyl halides is 2. The molecule has 11 heteroatoms. The van der Waals surface area contributed by atoms with E-state index in [1.807, 2.05) is 0 Å². The Morgan fingerprint density at radius 3 is 2.59 bits per heavy atom. The van der Waals surface area contributed by atoms with Crippen LogP contribution in [0.5, 0.6) is 0 Å². The van der Waals surface area contributed by atoms with Crippen LogP contribution in [-0.4, -0.2) is 34.3 Å². The number of nitrogens with zero attached hydrogens (tertiary/aromatic N) is 3. The molecule has 1 fully saturated rings. The van der Waals surface area contributed by atoms with Gasteiger partial charge in [0.15, 0.2) is 0 Å². The Labute approximate surface area is 213 Å². The van der Waals surface area contributed by atoms with Crippen LogP contribution in [0.4, 0.5) is 13.2 Å². The third kappa shape index (κ3) is 4.09. The first-order chi connectivity index (χ1) is 17.7. The number of fused-ring (bicyclic) bond motifs is 1. The summed E-state index contributed by atoms with van der Waals surface area (Å²) in [6.45, 7) is 0. The van der Waals surface area contributed by atoms with Gasteiger partial charge in [0.1, 0.15) is 12.1 Å². The number of aromatic nitrogens is 2. The molecule has 1 unspecified atom stereocenters. The quantitative estimate of drug-likeness (QED) is 0.308. The van der Waals surface area contributed by atoms with E-state index in [-0.39, 0.29) is 52.2 Å². The van der Waals surface area contributed by atoms with Crippen molar-refractivity contribution in [2.24, 2.45) is 11.1 Å². The van der Waals surface area contributed by atoms with Crippen molar-refractivity contribution < 1.29 is 27.6 Å². The van der Waals surface area contributed by atoms with Crippen molar-refractivity contribution in [2.45, 2.75) is 43.9 Å². The molecule has 5 rings (SSSR count). The highest BCUT2D eigenvalue weighted by Crippen LogP contribution is 2.54. The van der Waals surface area contributed by atoms with Crippen LogP contribution in [0, 0.1) is 16.6 Å². The molecule has 3 aromatic rings. The third-order valence-electron chi connectivity index (χ3n) is 7.22. The van der Waals surface area contributed by atoms with E-state index in [0.29, 0.717) is 24.1 Å². The first kappa shape index (κ1) is 25.0. The van der Waals surface area contributed by atoms with Crippen LogP contribution in [0.25, 0.3) is 11.3 Å². The summed E-state index contributed by atoms with van der Waals surface area (Å²) >= 11 is 6.37. The predicted octanol–water partition coefficient (Wildman–Crippen LogP) is 5.54. The van der Waals surface area contributed by atoms with Crippen molar-refractivity contribution >= 4 is 29.7 Å². The third-order valence-corrected chi connectivity index (χ3v) is 7.53. The Morgan fingerprint density at radius 1 is 1.22 bits per heavy atom. The number of rotatable bonds is 6. The molecule has 0 radical (unpaired) electrons. The molecular weight excluding hydrogens is 511 g/mol. The number of carbonyl (C=O) groups is 3. The maximum absolute atomic E-state index is 15.1. The molecule has 0 saturated heterocycles. The van der Waals surface area contributed by atoms with E-state index < -0.39 is 35.4 Å². The van der Waals surface area contributed by atoms with Crippen molar-refractivity contribution in [3.8, 4) is 11.3 Å². The molecule has 37 heavy (non-hydrogen) atoms. The minimum Gasteiger partial charge on any atom is -0.303 e. The van der Waals surface area contributed by atoms with Gasteiger partial charge >= 0.3 is 5.91 Å². The molecular formula is C26H19ClF3N3O4. The van der Waals surface area contributed by atoms with Gasteiger partial charge in [-0.2, -0.15) is 9.78 Å². The van der Waals surface area contributed by atoms with Gasteiger partial charge in [-0.1, -0.05) is 23.7 Å². The number of halogens is 4. The summed E-state index contributed by atoms with van der Waals surface area (Å²) in [6.07, 6.45) is -0.620. The molecule has 0 bridgehead atoms. The molecule has 0 aliphatic heterocycles. The Morgan fingerprint density at radius 2 is 1.97 bits per heavy atom. The maximum Gasteiger partial charge on any atom is 0.316 e. The van der Waals surface area contributed by atoms with Gasteiger partial charge in [0.2, 0.25) is 6.43 Å². The summed E-state index contributed by atoms with van der Waals surface area (Å²) in [5.41, 5.74) is -0.712. The van der Waals surface area contributed by atoms with Crippen molar-refractivity contribution in [3.05, 3.63) is 80.1 Å². The van der Waals surface area contributed by atoms with Crippen LogP contribution >= 0.6 is 11.6 Å². The zero-order valence-corrected chi connectivity index (χ0v) is 20.0. The lowest BCUT2D eigenvalue weighted by atomic mass is 9.86. The monoisotopic (exact) mass is 529 g/mol. The molecule has 1 heterocycles. The SMILES string of the molecule is O=CC1CCc2c(-c3ccc(C(=O)N=O)cc3F)nn(C(=O)c3c(Cl)cccc3C3(C(F)F)CC3)c2C1. The molecule has 2 aliphatic rings.